The molecule has 0 saturated heterocycles. The normalized spacial score (nSPS) is 12.2. The molecule has 3 N–H and O–H groups in total. The van der Waals surface area contributed by atoms with Gasteiger partial charge in [-0.15, -0.1) is 0 Å². The van der Waals surface area contributed by atoms with Crippen molar-refractivity contribution in [1.82, 2.24) is 10.6 Å². The second-order valence-corrected chi connectivity index (χ2v) is 6.04. The Morgan fingerprint density at radius 3 is 2.37 bits per heavy atom. The highest BCUT2D eigenvalue weighted by Gasteiger charge is 2.16. The van der Waals surface area contributed by atoms with E-state index in [1.165, 1.54) is 0 Å². The van der Waals surface area contributed by atoms with Crippen LogP contribution < -0.4 is 15.4 Å². The quantitative estimate of drug-likeness (QED) is 0.624. The number of carbonyl (C=O) groups is 2. The maximum absolute atomic E-state index is 12.6. The first kappa shape index (κ1) is 20.2. The Bertz CT molecular complexity index is 786. The van der Waals surface area contributed by atoms with Crippen molar-refractivity contribution < 1.29 is 19.4 Å². The van der Waals surface area contributed by atoms with Gasteiger partial charge < -0.3 is 20.5 Å². The number of hydrogen-bond acceptors (Lipinski definition) is 4. The smallest absolute Gasteiger partial charge is 0.268 e. The van der Waals surface area contributed by atoms with Gasteiger partial charge in [0.2, 0.25) is 0 Å². The van der Waals surface area contributed by atoms with Gasteiger partial charge in [0.05, 0.1) is 7.11 Å². The summed E-state index contributed by atoms with van der Waals surface area (Å²) in [5.74, 6) is -0.0978. The molecule has 142 valence electrons. The molecule has 1 unspecified atom stereocenters. The van der Waals surface area contributed by atoms with Gasteiger partial charge in [-0.2, -0.15) is 0 Å². The van der Waals surface area contributed by atoms with Gasteiger partial charge in [-0.05, 0) is 49.2 Å². The Kier molecular flexibility index (Phi) is 7.58. The monoisotopic (exact) mass is 368 g/mol. The summed E-state index contributed by atoms with van der Waals surface area (Å²) in [7, 11) is 1.58. The molecule has 0 aliphatic carbocycles. The van der Waals surface area contributed by atoms with E-state index in [0.29, 0.717) is 17.7 Å². The van der Waals surface area contributed by atoms with Gasteiger partial charge >= 0.3 is 0 Å². The Balaban J connectivity index is 2.25. The average Bonchev–Trinajstić information content (AvgIpc) is 2.68. The van der Waals surface area contributed by atoms with Gasteiger partial charge in [0, 0.05) is 18.2 Å². The average molecular weight is 368 g/mol. The Morgan fingerprint density at radius 1 is 1.11 bits per heavy atom. The zero-order valence-electron chi connectivity index (χ0n) is 15.4. The van der Waals surface area contributed by atoms with E-state index in [1.54, 1.807) is 68.6 Å². The first-order chi connectivity index (χ1) is 13.0. The zero-order valence-corrected chi connectivity index (χ0v) is 15.4. The van der Waals surface area contributed by atoms with Gasteiger partial charge in [0.1, 0.15) is 11.4 Å². The summed E-state index contributed by atoms with van der Waals surface area (Å²) in [6, 6.07) is 15.6. The van der Waals surface area contributed by atoms with Crippen molar-refractivity contribution in [3.8, 4) is 5.75 Å². The maximum atomic E-state index is 12.6. The molecule has 6 nitrogen and oxygen atoms in total. The predicted octanol–water partition coefficient (Wildman–Crippen LogP) is 2.35. The van der Waals surface area contributed by atoms with Gasteiger partial charge in [0.25, 0.3) is 11.8 Å². The summed E-state index contributed by atoms with van der Waals surface area (Å²) in [4.78, 5) is 25.1. The number of nitrogens with one attached hydrogen (secondary N) is 2. The topological polar surface area (TPSA) is 87.7 Å². The van der Waals surface area contributed by atoms with Gasteiger partial charge in [0.15, 0.2) is 0 Å². The molecular formula is C21H24N2O4. The molecule has 0 aromatic heterocycles. The number of benzene rings is 2. The third-order valence-corrected chi connectivity index (χ3v) is 3.90. The first-order valence-electron chi connectivity index (χ1n) is 8.67. The molecule has 2 aromatic carbocycles. The molecular weight excluding hydrogens is 344 g/mol. The fourth-order valence-electron chi connectivity index (χ4n) is 2.38. The predicted molar refractivity (Wildman–Crippen MR) is 104 cm³/mol. The van der Waals surface area contributed by atoms with Crippen molar-refractivity contribution in [2.75, 3.05) is 13.7 Å². The van der Waals surface area contributed by atoms with Crippen LogP contribution in [0.1, 0.15) is 29.3 Å². The fourth-order valence-corrected chi connectivity index (χ4v) is 2.38. The van der Waals surface area contributed by atoms with Crippen LogP contribution in [0.5, 0.6) is 5.75 Å². The second kappa shape index (κ2) is 10.1. The highest BCUT2D eigenvalue weighted by molar-refractivity contribution is 6.05. The van der Waals surface area contributed by atoms with Crippen LogP contribution in [0.4, 0.5) is 0 Å². The number of aliphatic hydroxyl groups excluding tert-OH is 1. The molecule has 0 saturated carbocycles. The van der Waals surface area contributed by atoms with Crippen molar-refractivity contribution in [1.29, 1.82) is 0 Å². The highest BCUT2D eigenvalue weighted by atomic mass is 16.5. The van der Waals surface area contributed by atoms with Crippen LogP contribution in [0.15, 0.2) is 60.3 Å². The lowest BCUT2D eigenvalue weighted by Crippen LogP contribution is -2.39. The third kappa shape index (κ3) is 6.27. The van der Waals surface area contributed by atoms with Crippen molar-refractivity contribution in [2.24, 2.45) is 0 Å². The van der Waals surface area contributed by atoms with Gasteiger partial charge in [-0.1, -0.05) is 30.3 Å². The van der Waals surface area contributed by atoms with E-state index < -0.39 is 5.91 Å². The SMILES string of the molecule is COc1ccc(C=C(NC(=O)c2ccccc2)C(=O)NC(C)CCO)cc1. The molecule has 2 rings (SSSR count). The van der Waals surface area contributed by atoms with Crippen LogP contribution in [0, 0.1) is 0 Å². The van der Waals surface area contributed by atoms with Gasteiger partial charge in [-0.3, -0.25) is 9.59 Å². The van der Waals surface area contributed by atoms with Crippen molar-refractivity contribution in [3.05, 3.63) is 71.4 Å². The van der Waals surface area contributed by atoms with Crippen LogP contribution in [0.25, 0.3) is 6.08 Å². The van der Waals surface area contributed by atoms with E-state index in [9.17, 15) is 9.59 Å². The van der Waals surface area contributed by atoms with Crippen molar-refractivity contribution in [3.63, 3.8) is 0 Å². The second-order valence-electron chi connectivity index (χ2n) is 6.04. The minimum Gasteiger partial charge on any atom is -0.497 e. The Morgan fingerprint density at radius 2 is 1.78 bits per heavy atom. The number of aliphatic hydroxyl groups is 1. The summed E-state index contributed by atoms with van der Waals surface area (Å²) >= 11 is 0. The molecule has 0 spiro atoms. The highest BCUT2D eigenvalue weighted by Crippen LogP contribution is 2.14. The molecule has 0 bridgehead atoms. The Labute approximate surface area is 158 Å². The fraction of sp³-hybridized carbons (Fsp3) is 0.238. The van der Waals surface area contributed by atoms with Crippen molar-refractivity contribution in [2.45, 2.75) is 19.4 Å². The molecule has 0 radical (unpaired) electrons. The molecule has 1 atom stereocenters. The van der Waals surface area contributed by atoms with E-state index in [0.717, 1.165) is 5.56 Å². The molecule has 0 fully saturated rings. The summed E-state index contributed by atoms with van der Waals surface area (Å²) in [6.07, 6.45) is 2.02. The molecule has 0 aliphatic rings. The first-order valence-corrected chi connectivity index (χ1v) is 8.67. The van der Waals surface area contributed by atoms with E-state index in [1.807, 2.05) is 6.07 Å². The van der Waals surface area contributed by atoms with E-state index in [-0.39, 0.29) is 24.3 Å². The van der Waals surface area contributed by atoms with Crippen molar-refractivity contribution >= 4 is 17.9 Å². The van der Waals surface area contributed by atoms with Crippen LogP contribution >= 0.6 is 0 Å². The molecule has 0 aliphatic heterocycles. The summed E-state index contributed by atoms with van der Waals surface area (Å²) in [6.45, 7) is 1.76. The van der Waals surface area contributed by atoms with E-state index in [2.05, 4.69) is 10.6 Å². The Hall–Kier alpha value is -3.12. The lowest BCUT2D eigenvalue weighted by molar-refractivity contribution is -0.118. The molecule has 0 heterocycles. The summed E-state index contributed by atoms with van der Waals surface area (Å²) < 4.78 is 5.13. The number of amides is 2. The van der Waals surface area contributed by atoms with Gasteiger partial charge in [-0.25, -0.2) is 0 Å². The number of carbonyl (C=O) groups excluding carboxylic acids is 2. The van der Waals surface area contributed by atoms with Crippen LogP contribution in [-0.4, -0.2) is 36.7 Å². The summed E-state index contributed by atoms with van der Waals surface area (Å²) in [5.41, 5.74) is 1.32. The number of hydrogen-bond donors (Lipinski definition) is 3. The minimum absolute atomic E-state index is 0.0324. The molecule has 6 heteroatoms. The minimum atomic E-state index is -0.420. The largest absolute Gasteiger partial charge is 0.497 e. The maximum Gasteiger partial charge on any atom is 0.268 e. The lowest BCUT2D eigenvalue weighted by Gasteiger charge is -2.15. The zero-order chi connectivity index (χ0) is 19.6. The van der Waals surface area contributed by atoms with Crippen LogP contribution in [-0.2, 0) is 4.79 Å². The standard InChI is InChI=1S/C21H24N2O4/c1-15(12-13-24)22-21(26)19(14-16-8-10-18(27-2)11-9-16)23-20(25)17-6-4-3-5-7-17/h3-11,14-15,24H,12-13H2,1-2H3,(H,22,26)(H,23,25). The summed E-state index contributed by atoms with van der Waals surface area (Å²) in [5, 5.41) is 14.5. The molecule has 27 heavy (non-hydrogen) atoms. The third-order valence-electron chi connectivity index (χ3n) is 3.90. The van der Waals surface area contributed by atoms with Crippen LogP contribution in [0.3, 0.4) is 0 Å². The number of rotatable bonds is 8. The molecule has 2 amide bonds. The number of ether oxygens (including phenoxy) is 1. The van der Waals surface area contributed by atoms with E-state index in [4.69, 9.17) is 9.84 Å². The lowest BCUT2D eigenvalue weighted by atomic mass is 10.1. The number of methoxy groups -OCH3 is 1. The van der Waals surface area contributed by atoms with Crippen LogP contribution in [0.2, 0.25) is 0 Å². The van der Waals surface area contributed by atoms with E-state index >= 15 is 0 Å². The molecule has 2 aromatic rings.